The standard InChI is InChI=1S/C62H66N4O4/c1-59(2,3)47-35-43(36-48(57(47)67)60(4,5)6)55(65-63-45-27-23-41(24-28-45)39-19-15-13-16-20-39)53-33-31-51(69-53)52-32-34-54(70-52)56(44-37-49(61(7,8)9)58(68)50(38-44)62(10,11)12)66-64-46-29-25-42(26-30-46)40-21-17-14-18-22-40/h13-38,43-44,55-56H,1-12H3/b65-63+,66-64+. The maximum Gasteiger partial charge on any atom is 0.185 e. The van der Waals surface area contributed by atoms with Gasteiger partial charge in [-0.25, -0.2) is 0 Å². The molecule has 0 bridgehead atoms. The Morgan fingerprint density at radius 1 is 0.371 bits per heavy atom. The van der Waals surface area contributed by atoms with Gasteiger partial charge >= 0.3 is 0 Å². The van der Waals surface area contributed by atoms with Gasteiger partial charge in [0.25, 0.3) is 0 Å². The normalized spacial score (nSPS) is 16.6. The van der Waals surface area contributed by atoms with E-state index in [4.69, 9.17) is 29.3 Å². The molecule has 2 aromatic heterocycles. The molecule has 4 aromatic carbocycles. The van der Waals surface area contributed by atoms with E-state index >= 15 is 0 Å². The van der Waals surface area contributed by atoms with Crippen LogP contribution >= 0.6 is 0 Å². The number of allylic oxidation sites excluding steroid dienone is 4. The second kappa shape index (κ2) is 19.4. The fraction of sp³-hybridized carbons (Fsp3) is 0.323. The highest BCUT2D eigenvalue weighted by atomic mass is 16.4. The lowest BCUT2D eigenvalue weighted by Crippen LogP contribution is -2.30. The second-order valence-electron chi connectivity index (χ2n) is 22.7. The van der Waals surface area contributed by atoms with Crippen molar-refractivity contribution in [1.82, 2.24) is 0 Å². The van der Waals surface area contributed by atoms with Crippen LogP contribution in [0.25, 0.3) is 33.8 Å². The summed E-state index contributed by atoms with van der Waals surface area (Å²) in [6, 6.07) is 42.9. The fourth-order valence-electron chi connectivity index (χ4n) is 9.08. The summed E-state index contributed by atoms with van der Waals surface area (Å²) in [5.74, 6) is 1.58. The van der Waals surface area contributed by atoms with E-state index in [1.165, 1.54) is 0 Å². The molecule has 8 rings (SSSR count). The minimum Gasteiger partial charge on any atom is -0.455 e. The molecule has 8 heteroatoms. The van der Waals surface area contributed by atoms with Gasteiger partial charge in [0.2, 0.25) is 0 Å². The van der Waals surface area contributed by atoms with Crippen LogP contribution < -0.4 is 0 Å². The van der Waals surface area contributed by atoms with Crippen LogP contribution in [-0.2, 0) is 9.59 Å². The molecule has 8 nitrogen and oxygen atoms in total. The molecule has 70 heavy (non-hydrogen) atoms. The molecule has 6 aromatic rings. The van der Waals surface area contributed by atoms with Crippen LogP contribution in [0.1, 0.15) is 107 Å². The largest absolute Gasteiger partial charge is 0.455 e. The van der Waals surface area contributed by atoms with Crippen molar-refractivity contribution in [2.75, 3.05) is 0 Å². The van der Waals surface area contributed by atoms with Crippen molar-refractivity contribution in [1.29, 1.82) is 0 Å². The molecule has 2 aliphatic carbocycles. The average Bonchev–Trinajstić information content (AvgIpc) is 4.01. The third-order valence-electron chi connectivity index (χ3n) is 13.0. The van der Waals surface area contributed by atoms with Gasteiger partial charge in [-0.1, -0.05) is 192 Å². The number of hydrogen-bond donors (Lipinski definition) is 0. The predicted molar refractivity (Wildman–Crippen MR) is 282 cm³/mol. The third-order valence-corrected chi connectivity index (χ3v) is 13.0. The lowest BCUT2D eigenvalue weighted by atomic mass is 9.70. The van der Waals surface area contributed by atoms with Crippen molar-refractivity contribution >= 4 is 22.9 Å². The summed E-state index contributed by atoms with van der Waals surface area (Å²) >= 11 is 0. The number of ketones is 2. The fourth-order valence-corrected chi connectivity index (χ4v) is 9.08. The number of furan rings is 2. The van der Waals surface area contributed by atoms with Crippen LogP contribution in [0.15, 0.2) is 209 Å². The molecule has 2 heterocycles. The number of Topliss-reactive ketones (excluding diaryl/α,β-unsaturated/α-hetero) is 2. The van der Waals surface area contributed by atoms with E-state index in [-0.39, 0.29) is 23.4 Å². The first-order valence-corrected chi connectivity index (χ1v) is 24.4. The summed E-state index contributed by atoms with van der Waals surface area (Å²) < 4.78 is 13.5. The van der Waals surface area contributed by atoms with Gasteiger partial charge in [0.1, 0.15) is 23.6 Å². The zero-order valence-electron chi connectivity index (χ0n) is 42.7. The summed E-state index contributed by atoms with van der Waals surface area (Å²) in [7, 11) is 0. The predicted octanol–water partition coefficient (Wildman–Crippen LogP) is 17.8. The van der Waals surface area contributed by atoms with Gasteiger partial charge < -0.3 is 8.83 Å². The average molecular weight is 931 g/mol. The van der Waals surface area contributed by atoms with Gasteiger partial charge in [-0.2, -0.15) is 20.5 Å². The number of carbonyl (C=O) groups is 2. The Bertz CT molecular complexity index is 2760. The molecule has 0 amide bonds. The minimum absolute atomic E-state index is 0.0545. The Balaban J connectivity index is 1.19. The van der Waals surface area contributed by atoms with E-state index < -0.39 is 33.7 Å². The van der Waals surface area contributed by atoms with Crippen LogP contribution in [0.3, 0.4) is 0 Å². The number of hydrogen-bond acceptors (Lipinski definition) is 8. The molecule has 0 radical (unpaired) electrons. The first-order valence-electron chi connectivity index (χ1n) is 24.4. The van der Waals surface area contributed by atoms with Gasteiger partial charge in [-0.05, 0) is 92.4 Å². The molecular weight excluding hydrogens is 865 g/mol. The summed E-state index contributed by atoms with van der Waals surface area (Å²) in [5, 5.41) is 19.6. The van der Waals surface area contributed by atoms with E-state index in [2.05, 4.69) is 107 Å². The van der Waals surface area contributed by atoms with Crippen LogP contribution in [-0.4, -0.2) is 11.6 Å². The Kier molecular flexibility index (Phi) is 13.7. The molecule has 0 aliphatic heterocycles. The minimum atomic E-state index is -0.615. The molecule has 2 atom stereocenters. The van der Waals surface area contributed by atoms with Crippen molar-refractivity contribution in [2.24, 2.45) is 54.0 Å². The number of rotatable bonds is 11. The van der Waals surface area contributed by atoms with E-state index in [1.807, 2.05) is 133 Å². The molecule has 0 saturated heterocycles. The summed E-state index contributed by atoms with van der Waals surface area (Å²) in [4.78, 5) is 28.2. The van der Waals surface area contributed by atoms with Crippen molar-refractivity contribution in [3.8, 4) is 33.8 Å². The van der Waals surface area contributed by atoms with Gasteiger partial charge in [0.05, 0.1) is 11.4 Å². The second-order valence-corrected chi connectivity index (χ2v) is 22.7. The van der Waals surface area contributed by atoms with Crippen LogP contribution in [0.2, 0.25) is 0 Å². The molecule has 0 saturated carbocycles. The highest BCUT2D eigenvalue weighted by Crippen LogP contribution is 2.47. The van der Waals surface area contributed by atoms with Gasteiger partial charge in [-0.15, -0.1) is 0 Å². The molecular formula is C62H66N4O4. The van der Waals surface area contributed by atoms with Crippen LogP contribution in [0.4, 0.5) is 11.4 Å². The summed E-state index contributed by atoms with van der Waals surface area (Å²) in [5.41, 5.74) is 7.11. The summed E-state index contributed by atoms with van der Waals surface area (Å²) in [6.45, 7) is 24.9. The summed E-state index contributed by atoms with van der Waals surface area (Å²) in [6.07, 6.45) is 8.19. The zero-order chi connectivity index (χ0) is 50.2. The van der Waals surface area contributed by atoms with Gasteiger partial charge in [-0.3, -0.25) is 9.59 Å². The van der Waals surface area contributed by atoms with Gasteiger partial charge in [0.15, 0.2) is 23.1 Å². The molecule has 0 spiro atoms. The van der Waals surface area contributed by atoms with E-state index in [9.17, 15) is 9.59 Å². The number of benzene rings is 4. The zero-order valence-corrected chi connectivity index (χ0v) is 42.7. The van der Waals surface area contributed by atoms with Crippen molar-refractivity contribution in [2.45, 2.75) is 95.2 Å². The Morgan fingerprint density at radius 2 is 0.657 bits per heavy atom. The highest BCUT2D eigenvalue weighted by Gasteiger charge is 2.40. The highest BCUT2D eigenvalue weighted by molar-refractivity contribution is 6.11. The van der Waals surface area contributed by atoms with E-state index in [1.54, 1.807) is 0 Å². The molecule has 0 fully saturated rings. The quantitative estimate of drug-likeness (QED) is 0.121. The van der Waals surface area contributed by atoms with Crippen molar-refractivity contribution in [3.05, 3.63) is 192 Å². The first-order chi connectivity index (χ1) is 33.0. The molecule has 0 N–H and O–H groups in total. The monoisotopic (exact) mass is 931 g/mol. The van der Waals surface area contributed by atoms with E-state index in [0.717, 1.165) is 44.5 Å². The maximum atomic E-state index is 14.1. The van der Waals surface area contributed by atoms with Crippen LogP contribution in [0.5, 0.6) is 0 Å². The molecule has 2 aliphatic rings. The lowest BCUT2D eigenvalue weighted by Gasteiger charge is -2.34. The number of nitrogens with zero attached hydrogens (tertiary/aromatic N) is 4. The van der Waals surface area contributed by atoms with Gasteiger partial charge in [0, 0.05) is 34.1 Å². The van der Waals surface area contributed by atoms with E-state index in [0.29, 0.717) is 34.4 Å². The van der Waals surface area contributed by atoms with Crippen LogP contribution in [0, 0.1) is 33.5 Å². The SMILES string of the molecule is CC(C)(C)C1=CC(C(/N=N/c2ccc(-c3ccccc3)cc2)c2ccc(-c3ccc(C(/N=N/c4ccc(-c5ccccc5)cc4)C4C=C(C(C)(C)C)C(=O)C(C(C)(C)C)=C4)o3)o2)C=C(C(C)(C)C)C1=O. The molecule has 2 unspecified atom stereocenters. The van der Waals surface area contributed by atoms with Crippen molar-refractivity contribution < 1.29 is 18.4 Å². The Morgan fingerprint density at radius 3 is 0.943 bits per heavy atom. The van der Waals surface area contributed by atoms with Crippen molar-refractivity contribution in [3.63, 3.8) is 0 Å². The Hall–Kier alpha value is -7.06. The number of azo groups is 2. The lowest BCUT2D eigenvalue weighted by molar-refractivity contribution is -0.115. The topological polar surface area (TPSA) is 110 Å². The smallest absolute Gasteiger partial charge is 0.185 e. The Labute approximate surface area is 414 Å². The molecule has 358 valence electrons. The third kappa shape index (κ3) is 11.0. The number of carbonyl (C=O) groups excluding carboxylic acids is 2. The first kappa shape index (κ1) is 49.4. The maximum absolute atomic E-state index is 14.1.